The second-order valence-electron chi connectivity index (χ2n) is 10.8. The molecule has 2 saturated heterocycles. The van der Waals surface area contributed by atoms with Gasteiger partial charge in [0.05, 0.1) is 12.9 Å². The molecule has 2 fully saturated rings. The monoisotopic (exact) mass is 533 g/mol. The SMILES string of the molecule is CC1(C)O[C@H]2[C@H](O1)[C@@H](CO[Si](C)(C)C(C)(C)C)O[C@H]2n1cnc2c(NC(=O)O)nc(C(F)(F)F)nc21. The standard InChI is InChI=1S/C21H30F3N5O6Si/c1-19(2,3)36(6,7)32-8-10-12-13(35-20(4,5)34-12)16(33-10)29-9-25-11-14(27-18(30)31)26-17(21(22,23)24)28-15(11)29/h9-10,12-13,16H,8H2,1-7H3,(H,30,31)(H,26,27,28)/t10-,12-,13+,16-/m1/s1. The van der Waals surface area contributed by atoms with Crippen LogP contribution in [0.4, 0.5) is 23.8 Å². The lowest BCUT2D eigenvalue weighted by Crippen LogP contribution is -2.44. The number of imidazole rings is 1. The van der Waals surface area contributed by atoms with Crippen molar-refractivity contribution in [3.05, 3.63) is 12.2 Å². The van der Waals surface area contributed by atoms with E-state index in [0.29, 0.717) is 0 Å². The van der Waals surface area contributed by atoms with Crippen LogP contribution in [0, 0.1) is 0 Å². The number of ether oxygens (including phenoxy) is 3. The van der Waals surface area contributed by atoms with E-state index in [1.165, 1.54) is 10.9 Å². The predicted octanol–water partition coefficient (Wildman–Crippen LogP) is 4.37. The molecule has 11 nitrogen and oxygen atoms in total. The van der Waals surface area contributed by atoms with Crippen LogP contribution in [-0.2, 0) is 24.8 Å². The molecule has 0 saturated carbocycles. The third-order valence-electron chi connectivity index (χ3n) is 6.71. The molecule has 0 radical (unpaired) electrons. The molecule has 15 heteroatoms. The Bertz CT molecular complexity index is 1170. The van der Waals surface area contributed by atoms with Gasteiger partial charge < -0.3 is 23.7 Å². The van der Waals surface area contributed by atoms with E-state index in [1.54, 1.807) is 13.8 Å². The van der Waals surface area contributed by atoms with Crippen LogP contribution in [0.1, 0.15) is 46.7 Å². The Labute approximate surface area is 206 Å². The maximum atomic E-state index is 13.5. The number of hydrogen-bond donors (Lipinski definition) is 2. The van der Waals surface area contributed by atoms with E-state index in [1.807, 2.05) is 5.32 Å². The fraction of sp³-hybridized carbons (Fsp3) is 0.714. The molecule has 4 rings (SSSR count). The van der Waals surface area contributed by atoms with Gasteiger partial charge in [0.15, 0.2) is 37.3 Å². The number of alkyl halides is 3. The zero-order valence-corrected chi connectivity index (χ0v) is 22.0. The van der Waals surface area contributed by atoms with Crippen LogP contribution in [0.25, 0.3) is 11.2 Å². The van der Waals surface area contributed by atoms with Gasteiger partial charge in [0.1, 0.15) is 18.3 Å². The van der Waals surface area contributed by atoms with Gasteiger partial charge in [-0.3, -0.25) is 9.88 Å². The average molecular weight is 534 g/mol. The molecule has 4 heterocycles. The minimum absolute atomic E-state index is 0.0459. The van der Waals surface area contributed by atoms with Crippen LogP contribution >= 0.6 is 0 Å². The van der Waals surface area contributed by atoms with Crippen molar-refractivity contribution in [3.8, 4) is 0 Å². The van der Waals surface area contributed by atoms with Crippen LogP contribution in [0.5, 0.6) is 0 Å². The summed E-state index contributed by atoms with van der Waals surface area (Å²) in [6.07, 6.45) is -8.09. The molecular formula is C21H30F3N5O6Si. The maximum Gasteiger partial charge on any atom is 0.451 e. The third kappa shape index (κ3) is 4.94. The predicted molar refractivity (Wildman–Crippen MR) is 123 cm³/mol. The lowest BCUT2D eigenvalue weighted by Gasteiger charge is -2.37. The largest absolute Gasteiger partial charge is 0.465 e. The highest BCUT2D eigenvalue weighted by molar-refractivity contribution is 6.74. The minimum Gasteiger partial charge on any atom is -0.465 e. The topological polar surface area (TPSA) is 130 Å². The Morgan fingerprint density at radius 1 is 1.22 bits per heavy atom. The van der Waals surface area contributed by atoms with E-state index in [4.69, 9.17) is 23.7 Å². The molecule has 0 aromatic carbocycles. The number of carboxylic acid groups (broad SMARTS) is 1. The summed E-state index contributed by atoms with van der Waals surface area (Å²) in [5.41, 5.74) is -0.422. The van der Waals surface area contributed by atoms with E-state index >= 15 is 0 Å². The average Bonchev–Trinajstić information content (AvgIpc) is 3.35. The molecule has 2 aliphatic rings. The summed E-state index contributed by atoms with van der Waals surface area (Å²) in [5, 5.41) is 10.9. The van der Waals surface area contributed by atoms with Gasteiger partial charge in [-0.25, -0.2) is 19.7 Å². The van der Waals surface area contributed by atoms with Gasteiger partial charge in [-0.05, 0) is 32.0 Å². The molecule has 0 spiro atoms. The summed E-state index contributed by atoms with van der Waals surface area (Å²) < 4.78 is 66.5. The number of aromatic nitrogens is 4. The first-order valence-electron chi connectivity index (χ1n) is 11.4. The van der Waals surface area contributed by atoms with Crippen molar-refractivity contribution in [2.75, 3.05) is 11.9 Å². The molecule has 0 bridgehead atoms. The molecule has 2 aromatic heterocycles. The fourth-order valence-electron chi connectivity index (χ4n) is 3.94. The van der Waals surface area contributed by atoms with Crippen molar-refractivity contribution in [2.24, 2.45) is 0 Å². The zero-order valence-electron chi connectivity index (χ0n) is 21.0. The lowest BCUT2D eigenvalue weighted by molar-refractivity contribution is -0.199. The quantitative estimate of drug-likeness (QED) is 0.538. The summed E-state index contributed by atoms with van der Waals surface area (Å²) in [6, 6.07) is 0. The molecule has 0 aliphatic carbocycles. The molecule has 36 heavy (non-hydrogen) atoms. The van der Waals surface area contributed by atoms with Crippen molar-refractivity contribution in [2.45, 2.75) is 89.3 Å². The first-order chi connectivity index (χ1) is 16.4. The van der Waals surface area contributed by atoms with E-state index in [-0.39, 0.29) is 22.8 Å². The lowest BCUT2D eigenvalue weighted by atomic mass is 10.1. The first-order valence-corrected chi connectivity index (χ1v) is 14.3. The molecule has 200 valence electrons. The number of fused-ring (bicyclic) bond motifs is 2. The van der Waals surface area contributed by atoms with Crippen LogP contribution in [0.3, 0.4) is 0 Å². The summed E-state index contributed by atoms with van der Waals surface area (Å²) in [5.74, 6) is -3.07. The van der Waals surface area contributed by atoms with Crippen molar-refractivity contribution >= 4 is 31.4 Å². The number of halogens is 3. The number of rotatable bonds is 5. The van der Waals surface area contributed by atoms with E-state index < -0.39 is 62.6 Å². The normalized spacial score (nSPS) is 26.4. The molecule has 1 amide bonds. The summed E-state index contributed by atoms with van der Waals surface area (Å²) in [4.78, 5) is 22.2. The molecule has 2 aliphatic heterocycles. The van der Waals surface area contributed by atoms with Gasteiger partial charge in [0, 0.05) is 0 Å². The van der Waals surface area contributed by atoms with Crippen molar-refractivity contribution in [1.29, 1.82) is 0 Å². The number of amides is 1. The van der Waals surface area contributed by atoms with Gasteiger partial charge in [-0.2, -0.15) is 13.2 Å². The fourth-order valence-corrected chi connectivity index (χ4v) is 4.96. The van der Waals surface area contributed by atoms with Gasteiger partial charge >= 0.3 is 12.3 Å². The van der Waals surface area contributed by atoms with Crippen molar-refractivity contribution in [1.82, 2.24) is 19.5 Å². The summed E-state index contributed by atoms with van der Waals surface area (Å²) >= 11 is 0. The third-order valence-corrected chi connectivity index (χ3v) is 11.2. The number of nitrogens with one attached hydrogen (secondary N) is 1. The highest BCUT2D eigenvalue weighted by Gasteiger charge is 2.57. The molecule has 2 N–H and O–H groups in total. The first kappa shape index (κ1) is 26.7. The van der Waals surface area contributed by atoms with Gasteiger partial charge in [0.2, 0.25) is 5.82 Å². The summed E-state index contributed by atoms with van der Waals surface area (Å²) in [6.45, 7) is 14.2. The highest BCUT2D eigenvalue weighted by Crippen LogP contribution is 2.45. The summed E-state index contributed by atoms with van der Waals surface area (Å²) in [7, 11) is -2.14. The van der Waals surface area contributed by atoms with Crippen LogP contribution in [0.2, 0.25) is 18.1 Å². The van der Waals surface area contributed by atoms with Gasteiger partial charge in [0.25, 0.3) is 0 Å². The highest BCUT2D eigenvalue weighted by atomic mass is 28.4. The number of anilines is 1. The zero-order chi connectivity index (χ0) is 26.8. The van der Waals surface area contributed by atoms with Crippen molar-refractivity contribution < 1.29 is 41.7 Å². The second-order valence-corrected chi connectivity index (χ2v) is 15.7. The molecule has 0 unspecified atom stereocenters. The van der Waals surface area contributed by atoms with Gasteiger partial charge in [-0.1, -0.05) is 20.8 Å². The van der Waals surface area contributed by atoms with Gasteiger partial charge in [-0.15, -0.1) is 0 Å². The number of hydrogen-bond acceptors (Lipinski definition) is 8. The van der Waals surface area contributed by atoms with Crippen LogP contribution < -0.4 is 5.32 Å². The van der Waals surface area contributed by atoms with Crippen LogP contribution in [0.15, 0.2) is 6.33 Å². The minimum atomic E-state index is -4.92. The van der Waals surface area contributed by atoms with E-state index in [0.717, 1.165) is 0 Å². The van der Waals surface area contributed by atoms with Crippen molar-refractivity contribution in [3.63, 3.8) is 0 Å². The van der Waals surface area contributed by atoms with E-state index in [9.17, 15) is 18.0 Å². The van der Waals surface area contributed by atoms with E-state index in [2.05, 4.69) is 48.8 Å². The van der Waals surface area contributed by atoms with Crippen LogP contribution in [-0.4, -0.2) is 69.7 Å². The second kappa shape index (κ2) is 8.61. The molecule has 4 atom stereocenters. The Balaban J connectivity index is 1.73. The Hall–Kier alpha value is -2.33. The number of nitrogens with zero attached hydrogens (tertiary/aromatic N) is 4. The molecule has 2 aromatic rings. The number of carbonyl (C=O) groups is 1. The Morgan fingerprint density at radius 2 is 1.86 bits per heavy atom. The Kier molecular flexibility index (Phi) is 6.39. The molecular weight excluding hydrogens is 503 g/mol. The Morgan fingerprint density at radius 3 is 2.44 bits per heavy atom. The maximum absolute atomic E-state index is 13.5. The smallest absolute Gasteiger partial charge is 0.451 e.